The van der Waals surface area contributed by atoms with Gasteiger partial charge in [0.1, 0.15) is 13.1 Å². The van der Waals surface area contributed by atoms with Gasteiger partial charge in [-0.3, -0.25) is 0 Å². The summed E-state index contributed by atoms with van der Waals surface area (Å²) >= 11 is 0. The van der Waals surface area contributed by atoms with E-state index in [0.717, 1.165) is 0 Å². The van der Waals surface area contributed by atoms with Crippen LogP contribution in [0.2, 0.25) is 0 Å². The summed E-state index contributed by atoms with van der Waals surface area (Å²) in [4.78, 5) is 42.9. The molecular weight excluding hydrogens is 276 g/mol. The number of hydrogen-bond acceptors (Lipinski definition) is 10. The maximum atomic E-state index is 11.2. The fourth-order valence-electron chi connectivity index (χ4n) is 1.65. The zero-order valence-electron chi connectivity index (χ0n) is 9.07. The highest BCUT2D eigenvalue weighted by atomic mass is 17.0. The highest BCUT2D eigenvalue weighted by Crippen LogP contribution is 2.14. The van der Waals surface area contributed by atoms with E-state index in [9.17, 15) is 35.6 Å². The average Bonchev–Trinajstić information content (AvgIpc) is 2.20. The normalized spacial score (nSPS) is 30.2. The summed E-state index contributed by atoms with van der Waals surface area (Å²) < 4.78 is 0. The van der Waals surface area contributed by atoms with Crippen LogP contribution >= 0.6 is 0 Å². The Bertz CT molecular complexity index is 349. The topological polar surface area (TPSA) is 185 Å². The highest BCUT2D eigenvalue weighted by Gasteiger charge is 2.45. The molecule has 0 aromatic carbocycles. The van der Waals surface area contributed by atoms with Gasteiger partial charge in [-0.25, -0.2) is 0 Å². The van der Waals surface area contributed by atoms with E-state index in [-0.39, 0.29) is 0 Å². The first-order valence-corrected chi connectivity index (χ1v) is 4.74. The van der Waals surface area contributed by atoms with E-state index in [1.807, 2.05) is 0 Å². The summed E-state index contributed by atoms with van der Waals surface area (Å²) in [7, 11) is 0. The highest BCUT2D eigenvalue weighted by molar-refractivity contribution is 4.80. The average molecular weight is 284 g/mol. The van der Waals surface area contributed by atoms with Crippen LogP contribution in [0, 0.1) is 35.6 Å². The largest absolute Gasteiger partial charge is 0.634 e. The maximum Gasteiger partial charge on any atom is 0.295 e. The van der Waals surface area contributed by atoms with Crippen molar-refractivity contribution in [3.8, 4) is 0 Å². The van der Waals surface area contributed by atoms with Crippen molar-refractivity contribution in [3.63, 3.8) is 0 Å². The van der Waals surface area contributed by atoms with Gasteiger partial charge >= 0.3 is 0 Å². The smallest absolute Gasteiger partial charge is 0.295 e. The Morgan fingerprint density at radius 1 is 0.842 bits per heavy atom. The fourth-order valence-corrected chi connectivity index (χ4v) is 1.65. The van der Waals surface area contributed by atoms with E-state index in [0.29, 0.717) is 0 Å². The second kappa shape index (κ2) is 5.91. The Hall–Kier alpha value is -2.48. The number of piperidine rings is 1. The summed E-state index contributed by atoms with van der Waals surface area (Å²) in [5.41, 5.74) is 0. The molecular formula is C5H8N4O10. The first-order chi connectivity index (χ1) is 8.79. The van der Waals surface area contributed by atoms with Crippen LogP contribution in [-0.2, 0) is 14.5 Å². The lowest BCUT2D eigenvalue weighted by Gasteiger charge is -2.38. The Labute approximate surface area is 103 Å². The molecule has 0 aromatic rings. The summed E-state index contributed by atoms with van der Waals surface area (Å²) in [5.74, 6) is 0. The SMILES string of the molecule is O=[N+]([O-])OC1C[NH+]([O-])CC(O[N+](=O)[O-])C1O[N+](=O)[O-]. The standard InChI is InChI=1S/C5H8N4O10/c10-6-1-3(17-7(11)12)5(19-9(15)16)4(2-6)18-8(13)14/h3-6H,1-2H2. The van der Waals surface area contributed by atoms with E-state index in [4.69, 9.17) is 0 Å². The summed E-state index contributed by atoms with van der Waals surface area (Å²) in [6, 6.07) is 0. The molecule has 0 spiro atoms. The third kappa shape index (κ3) is 4.36. The lowest BCUT2D eigenvalue weighted by molar-refractivity contribution is -0.905. The lowest BCUT2D eigenvalue weighted by Crippen LogP contribution is -3.12. The van der Waals surface area contributed by atoms with Gasteiger partial charge < -0.3 is 24.8 Å². The molecule has 1 fully saturated rings. The van der Waals surface area contributed by atoms with Crippen LogP contribution in [0.5, 0.6) is 0 Å². The third-order valence-corrected chi connectivity index (χ3v) is 2.24. The molecule has 2 unspecified atom stereocenters. The molecule has 2 atom stereocenters. The Morgan fingerprint density at radius 3 is 1.53 bits per heavy atom. The van der Waals surface area contributed by atoms with Gasteiger partial charge in [-0.2, -0.15) is 0 Å². The minimum Gasteiger partial charge on any atom is -0.634 e. The van der Waals surface area contributed by atoms with Crippen molar-refractivity contribution in [1.29, 1.82) is 0 Å². The van der Waals surface area contributed by atoms with Crippen molar-refractivity contribution in [2.75, 3.05) is 13.1 Å². The number of quaternary nitrogens is 1. The molecule has 19 heavy (non-hydrogen) atoms. The van der Waals surface area contributed by atoms with Crippen LogP contribution in [0.3, 0.4) is 0 Å². The number of hydroxylamine groups is 2. The van der Waals surface area contributed by atoms with Gasteiger partial charge in [0.2, 0.25) is 0 Å². The molecule has 1 saturated heterocycles. The van der Waals surface area contributed by atoms with Crippen LogP contribution in [0.4, 0.5) is 0 Å². The zero-order valence-corrected chi connectivity index (χ0v) is 9.07. The predicted molar refractivity (Wildman–Crippen MR) is 49.7 cm³/mol. The fraction of sp³-hybridized carbons (Fsp3) is 1.00. The molecule has 0 amide bonds. The van der Waals surface area contributed by atoms with Crippen molar-refractivity contribution in [2.45, 2.75) is 18.3 Å². The maximum absolute atomic E-state index is 11.2. The molecule has 14 nitrogen and oxygen atoms in total. The van der Waals surface area contributed by atoms with Crippen LogP contribution in [0.15, 0.2) is 0 Å². The first-order valence-electron chi connectivity index (χ1n) is 4.74. The van der Waals surface area contributed by atoms with Gasteiger partial charge in [0.15, 0.2) is 18.3 Å². The van der Waals surface area contributed by atoms with E-state index >= 15 is 0 Å². The van der Waals surface area contributed by atoms with Crippen LogP contribution in [0.1, 0.15) is 0 Å². The molecule has 0 aliphatic carbocycles. The third-order valence-electron chi connectivity index (χ3n) is 2.24. The van der Waals surface area contributed by atoms with Crippen molar-refractivity contribution in [3.05, 3.63) is 35.6 Å². The van der Waals surface area contributed by atoms with E-state index in [1.54, 1.807) is 0 Å². The van der Waals surface area contributed by atoms with Crippen molar-refractivity contribution in [2.24, 2.45) is 0 Å². The molecule has 14 heteroatoms. The number of rotatable bonds is 6. The molecule has 1 aliphatic rings. The quantitative estimate of drug-likeness (QED) is 0.301. The zero-order chi connectivity index (χ0) is 14.6. The van der Waals surface area contributed by atoms with Gasteiger partial charge in [-0.05, 0) is 0 Å². The van der Waals surface area contributed by atoms with Gasteiger partial charge in [0.05, 0.1) is 0 Å². The minimum absolute atomic E-state index is 0.545. The predicted octanol–water partition coefficient (Wildman–Crippen LogP) is -2.89. The van der Waals surface area contributed by atoms with Crippen LogP contribution in [-0.4, -0.2) is 46.7 Å². The van der Waals surface area contributed by atoms with Gasteiger partial charge in [0, 0.05) is 0 Å². The first kappa shape index (κ1) is 14.6. The molecule has 1 N–H and O–H groups in total. The second-order valence-corrected chi connectivity index (χ2v) is 3.48. The van der Waals surface area contributed by atoms with Crippen LogP contribution in [0.25, 0.3) is 0 Å². The van der Waals surface area contributed by atoms with E-state index < -0.39 is 51.7 Å². The van der Waals surface area contributed by atoms with Gasteiger partial charge in [-0.1, -0.05) is 0 Å². The number of hydrogen-bond donors (Lipinski definition) is 1. The molecule has 0 bridgehead atoms. The number of nitrogens with one attached hydrogen (secondary N) is 1. The number of nitrogens with zero attached hydrogens (tertiary/aromatic N) is 3. The molecule has 1 heterocycles. The monoisotopic (exact) mass is 284 g/mol. The second-order valence-electron chi connectivity index (χ2n) is 3.48. The molecule has 1 rings (SSSR count). The molecule has 108 valence electrons. The molecule has 0 radical (unpaired) electrons. The Morgan fingerprint density at radius 2 is 1.21 bits per heavy atom. The van der Waals surface area contributed by atoms with E-state index in [2.05, 4.69) is 14.5 Å². The van der Waals surface area contributed by atoms with Gasteiger partial charge in [-0.15, -0.1) is 30.3 Å². The van der Waals surface area contributed by atoms with Crippen molar-refractivity contribution < 1.29 is 34.8 Å². The molecule has 1 aliphatic heterocycles. The Kier molecular flexibility index (Phi) is 4.54. The Balaban J connectivity index is 2.87. The minimum atomic E-state index is -1.75. The van der Waals surface area contributed by atoms with Crippen molar-refractivity contribution >= 4 is 0 Å². The summed E-state index contributed by atoms with van der Waals surface area (Å²) in [6.45, 7) is -1.09. The molecule has 0 saturated carbocycles. The molecule has 0 aromatic heterocycles. The lowest BCUT2D eigenvalue weighted by atomic mass is 10.0. The summed E-state index contributed by atoms with van der Waals surface area (Å²) in [6.07, 6.45) is -5.04. The summed E-state index contributed by atoms with van der Waals surface area (Å²) in [5, 5.41) is 37.4. The van der Waals surface area contributed by atoms with Crippen LogP contribution < -0.4 is 5.06 Å². The van der Waals surface area contributed by atoms with E-state index in [1.165, 1.54) is 0 Å². The van der Waals surface area contributed by atoms with Gasteiger partial charge in [0.25, 0.3) is 15.3 Å². The van der Waals surface area contributed by atoms with Crippen molar-refractivity contribution in [1.82, 2.24) is 0 Å².